The van der Waals surface area contributed by atoms with Gasteiger partial charge in [-0.3, -0.25) is 14.6 Å². The summed E-state index contributed by atoms with van der Waals surface area (Å²) in [5.74, 6) is -1.53. The van der Waals surface area contributed by atoms with Crippen molar-refractivity contribution >= 4 is 58.4 Å². The minimum atomic E-state index is -2.27. The lowest BCUT2D eigenvalue weighted by molar-refractivity contribution is -0.127. The van der Waals surface area contributed by atoms with Gasteiger partial charge in [-0.05, 0) is 32.4 Å². The first-order valence-electron chi connectivity index (χ1n) is 9.17. The van der Waals surface area contributed by atoms with Crippen molar-refractivity contribution in [2.45, 2.75) is 37.2 Å². The first-order chi connectivity index (χ1) is 14.1. The molecule has 162 valence electrons. The zero-order valence-corrected chi connectivity index (χ0v) is 19.0. The van der Waals surface area contributed by atoms with Crippen LogP contribution < -0.4 is 4.90 Å². The number of nitrogens with zero attached hydrogens (tertiary/aromatic N) is 2. The van der Waals surface area contributed by atoms with Crippen LogP contribution in [0.15, 0.2) is 42.6 Å². The van der Waals surface area contributed by atoms with Crippen LogP contribution in [0.1, 0.15) is 36.8 Å². The number of ether oxygens (including phenoxy) is 1. The van der Waals surface area contributed by atoms with Gasteiger partial charge < -0.3 is 9.72 Å². The number of alkyl halides is 3. The van der Waals surface area contributed by atoms with Crippen molar-refractivity contribution in [2.75, 3.05) is 11.4 Å². The molecule has 0 unspecified atom stereocenters. The number of hydrogen-bond acceptors (Lipinski definition) is 4. The van der Waals surface area contributed by atoms with Crippen LogP contribution in [0.25, 0.3) is 0 Å². The normalized spacial score (nSPS) is 11.3. The molecule has 30 heavy (non-hydrogen) atoms. The van der Waals surface area contributed by atoms with Crippen LogP contribution in [0, 0.1) is 0 Å². The van der Waals surface area contributed by atoms with Crippen LogP contribution in [0.2, 0.25) is 0 Å². The standard InChI is InChI=1S/C20H22Cl3N3O4/c1-4-25(18(28)20(21,22)23)19(29)26(13(2)3)15-10-16(24-11-15)17(27)30-12-14-8-6-5-7-9-14/h5-11,13,24H,4,12H2,1-3H3. The summed E-state index contributed by atoms with van der Waals surface area (Å²) in [4.78, 5) is 42.7. The number of benzene rings is 1. The molecule has 1 N–H and O–H groups in total. The number of urea groups is 1. The van der Waals surface area contributed by atoms with E-state index < -0.39 is 21.7 Å². The summed E-state index contributed by atoms with van der Waals surface area (Å²) in [6.07, 6.45) is 1.48. The average Bonchev–Trinajstić information content (AvgIpc) is 3.16. The minimum Gasteiger partial charge on any atom is -0.456 e. The number of imide groups is 1. The van der Waals surface area contributed by atoms with Gasteiger partial charge >= 0.3 is 12.0 Å². The van der Waals surface area contributed by atoms with Crippen molar-refractivity contribution in [3.63, 3.8) is 0 Å². The monoisotopic (exact) mass is 473 g/mol. The Morgan fingerprint density at radius 2 is 1.77 bits per heavy atom. The second kappa shape index (κ2) is 10.2. The molecular weight excluding hydrogens is 453 g/mol. The maximum atomic E-state index is 13.0. The van der Waals surface area contributed by atoms with E-state index in [1.54, 1.807) is 20.8 Å². The van der Waals surface area contributed by atoms with Gasteiger partial charge in [-0.25, -0.2) is 9.59 Å². The van der Waals surface area contributed by atoms with Crippen LogP contribution in [-0.2, 0) is 16.1 Å². The van der Waals surface area contributed by atoms with Gasteiger partial charge in [0.05, 0.1) is 5.69 Å². The molecule has 0 spiro atoms. The lowest BCUT2D eigenvalue weighted by Crippen LogP contribution is -2.52. The van der Waals surface area contributed by atoms with Crippen molar-refractivity contribution in [1.82, 2.24) is 9.88 Å². The minimum absolute atomic E-state index is 0.00515. The average molecular weight is 475 g/mol. The van der Waals surface area contributed by atoms with E-state index >= 15 is 0 Å². The lowest BCUT2D eigenvalue weighted by Gasteiger charge is -2.32. The van der Waals surface area contributed by atoms with Gasteiger partial charge in [0.2, 0.25) is 0 Å². The van der Waals surface area contributed by atoms with Crippen molar-refractivity contribution in [3.8, 4) is 0 Å². The van der Waals surface area contributed by atoms with Gasteiger partial charge in [-0.2, -0.15) is 0 Å². The molecule has 2 rings (SSSR count). The van der Waals surface area contributed by atoms with Gasteiger partial charge in [0.15, 0.2) is 0 Å². The topological polar surface area (TPSA) is 82.7 Å². The van der Waals surface area contributed by atoms with E-state index in [0.717, 1.165) is 10.5 Å². The molecule has 0 atom stereocenters. The number of H-pyrrole nitrogens is 1. The van der Waals surface area contributed by atoms with Crippen LogP contribution in [0.3, 0.4) is 0 Å². The number of carbonyl (C=O) groups is 3. The molecule has 0 fully saturated rings. The molecule has 0 radical (unpaired) electrons. The first-order valence-corrected chi connectivity index (χ1v) is 10.3. The molecule has 1 heterocycles. The SMILES string of the molecule is CCN(C(=O)N(c1c[nH]c(C(=O)OCc2ccccc2)c1)C(C)C)C(=O)C(Cl)(Cl)Cl. The summed E-state index contributed by atoms with van der Waals surface area (Å²) in [6, 6.07) is 9.69. The number of aromatic nitrogens is 1. The Morgan fingerprint density at radius 1 is 1.13 bits per heavy atom. The predicted octanol–water partition coefficient (Wildman–Crippen LogP) is 4.93. The number of halogens is 3. The zero-order chi connectivity index (χ0) is 22.5. The molecule has 10 heteroatoms. The zero-order valence-electron chi connectivity index (χ0n) is 16.7. The number of esters is 1. The highest BCUT2D eigenvalue weighted by atomic mass is 35.6. The third kappa shape index (κ3) is 5.90. The fraction of sp³-hybridized carbons (Fsp3) is 0.350. The molecule has 1 aromatic carbocycles. The van der Waals surface area contributed by atoms with Gasteiger partial charge in [-0.1, -0.05) is 65.1 Å². The maximum Gasteiger partial charge on any atom is 0.355 e. The molecule has 0 aliphatic heterocycles. The molecule has 1 aromatic heterocycles. The van der Waals surface area contributed by atoms with Crippen molar-refractivity contribution < 1.29 is 19.1 Å². The number of nitrogens with one attached hydrogen (secondary N) is 1. The van der Waals surface area contributed by atoms with Crippen molar-refractivity contribution in [1.29, 1.82) is 0 Å². The number of carbonyl (C=O) groups excluding carboxylic acids is 3. The number of amides is 3. The van der Waals surface area contributed by atoms with Gasteiger partial charge in [-0.15, -0.1) is 0 Å². The summed E-state index contributed by atoms with van der Waals surface area (Å²) in [5.41, 5.74) is 1.38. The molecule has 0 saturated heterocycles. The highest BCUT2D eigenvalue weighted by Gasteiger charge is 2.40. The Bertz CT molecular complexity index is 894. The third-order valence-electron chi connectivity index (χ3n) is 4.14. The Balaban J connectivity index is 2.19. The fourth-order valence-corrected chi connectivity index (χ4v) is 3.03. The smallest absolute Gasteiger partial charge is 0.355 e. The van der Waals surface area contributed by atoms with Crippen LogP contribution in [0.5, 0.6) is 0 Å². The Morgan fingerprint density at radius 3 is 2.30 bits per heavy atom. The molecule has 0 aliphatic carbocycles. The van der Waals surface area contributed by atoms with Gasteiger partial charge in [0, 0.05) is 18.8 Å². The van der Waals surface area contributed by atoms with E-state index in [1.165, 1.54) is 17.2 Å². The first kappa shape index (κ1) is 24.1. The number of aromatic amines is 1. The highest BCUT2D eigenvalue weighted by molar-refractivity contribution is 6.76. The van der Waals surface area contributed by atoms with E-state index in [2.05, 4.69) is 4.98 Å². The van der Waals surface area contributed by atoms with E-state index in [1.807, 2.05) is 30.3 Å². The number of rotatable bonds is 6. The fourth-order valence-electron chi connectivity index (χ4n) is 2.72. The van der Waals surface area contributed by atoms with Gasteiger partial charge in [0.25, 0.3) is 9.70 Å². The second-order valence-corrected chi connectivity index (χ2v) is 8.91. The summed E-state index contributed by atoms with van der Waals surface area (Å²) in [6.45, 7) is 5.22. The largest absolute Gasteiger partial charge is 0.456 e. The lowest BCUT2D eigenvalue weighted by atomic mass is 10.2. The van der Waals surface area contributed by atoms with Crippen LogP contribution >= 0.6 is 34.8 Å². The Hall–Kier alpha value is -2.22. The van der Waals surface area contributed by atoms with Crippen LogP contribution in [0.4, 0.5) is 10.5 Å². The number of anilines is 1. The summed E-state index contributed by atoms with van der Waals surface area (Å²) >= 11 is 17.0. The summed E-state index contributed by atoms with van der Waals surface area (Å²) < 4.78 is 3.02. The van der Waals surface area contributed by atoms with E-state index in [-0.39, 0.29) is 24.9 Å². The molecule has 7 nitrogen and oxygen atoms in total. The van der Waals surface area contributed by atoms with Gasteiger partial charge in [0.1, 0.15) is 12.3 Å². The quantitative estimate of drug-likeness (QED) is 0.475. The molecule has 0 saturated carbocycles. The molecule has 0 aliphatic rings. The van der Waals surface area contributed by atoms with Crippen molar-refractivity contribution in [2.24, 2.45) is 0 Å². The molecule has 0 bridgehead atoms. The Kier molecular flexibility index (Phi) is 8.18. The molecular formula is C20H22Cl3N3O4. The molecule has 2 aromatic rings. The summed E-state index contributed by atoms with van der Waals surface area (Å²) in [7, 11) is 0. The van der Waals surface area contributed by atoms with E-state index in [0.29, 0.717) is 5.69 Å². The maximum absolute atomic E-state index is 13.0. The van der Waals surface area contributed by atoms with E-state index in [4.69, 9.17) is 39.5 Å². The van der Waals surface area contributed by atoms with Crippen molar-refractivity contribution in [3.05, 3.63) is 53.9 Å². The second-order valence-electron chi connectivity index (χ2n) is 6.63. The summed E-state index contributed by atoms with van der Waals surface area (Å²) in [5, 5.41) is 0. The number of hydrogen-bond donors (Lipinski definition) is 1. The highest BCUT2D eigenvalue weighted by Crippen LogP contribution is 2.30. The predicted molar refractivity (Wildman–Crippen MR) is 117 cm³/mol. The van der Waals surface area contributed by atoms with E-state index in [9.17, 15) is 14.4 Å². The van der Waals surface area contributed by atoms with Crippen LogP contribution in [-0.4, -0.2) is 44.2 Å². The Labute approximate surface area is 189 Å². The molecule has 3 amide bonds. The third-order valence-corrected chi connectivity index (χ3v) is 4.62.